The van der Waals surface area contributed by atoms with Crippen molar-refractivity contribution >= 4 is 44.3 Å². The Morgan fingerprint density at radius 2 is 1.92 bits per heavy atom. The number of hydrogen-bond donors (Lipinski definition) is 2. The minimum atomic E-state index is -4.05. The zero-order valence-electron chi connectivity index (χ0n) is 21.9. The highest BCUT2D eigenvalue weighted by Crippen LogP contribution is 2.36. The second-order valence-corrected chi connectivity index (χ2v) is 12.4. The molecule has 0 saturated carbocycles. The summed E-state index contributed by atoms with van der Waals surface area (Å²) in [5.74, 6) is -2.53. The predicted molar refractivity (Wildman–Crippen MR) is 142 cm³/mol. The van der Waals surface area contributed by atoms with Crippen molar-refractivity contribution in [3.8, 4) is 5.75 Å². The lowest BCUT2D eigenvalue weighted by molar-refractivity contribution is -0.130. The molecule has 39 heavy (non-hydrogen) atoms. The Labute approximate surface area is 228 Å². The highest BCUT2D eigenvalue weighted by atomic mass is 35.5. The number of aromatic hydroxyl groups is 1. The fourth-order valence-corrected chi connectivity index (χ4v) is 5.31. The molecule has 1 aromatic carbocycles. The van der Waals surface area contributed by atoms with Crippen LogP contribution in [0.5, 0.6) is 5.75 Å². The lowest BCUT2D eigenvalue weighted by Gasteiger charge is -2.27. The van der Waals surface area contributed by atoms with Crippen LogP contribution in [-0.2, 0) is 27.9 Å². The molecule has 0 saturated heterocycles. The van der Waals surface area contributed by atoms with Crippen LogP contribution < -0.4 is 10.3 Å². The van der Waals surface area contributed by atoms with Gasteiger partial charge in [0.25, 0.3) is 11.5 Å². The molecule has 0 spiro atoms. The first kappa shape index (κ1) is 28.5. The minimum absolute atomic E-state index is 0.0333. The number of carbonyl (C=O) groups excluding carboxylic acids is 2. The van der Waals surface area contributed by atoms with Gasteiger partial charge in [-0.1, -0.05) is 17.7 Å². The zero-order valence-corrected chi connectivity index (χ0v) is 23.5. The van der Waals surface area contributed by atoms with Crippen molar-refractivity contribution in [1.82, 2.24) is 28.9 Å². The number of likely N-dealkylation sites (N-methyl/N-ethyl adjacent to an activating group) is 2. The van der Waals surface area contributed by atoms with Crippen LogP contribution in [0.25, 0.3) is 10.9 Å². The van der Waals surface area contributed by atoms with E-state index in [1.54, 1.807) is 0 Å². The molecule has 0 aliphatic carbocycles. The number of fused-ring (bicyclic) bond motifs is 3. The molecule has 4 rings (SSSR count). The lowest BCUT2D eigenvalue weighted by atomic mass is 10.1. The van der Waals surface area contributed by atoms with Crippen LogP contribution in [0, 0.1) is 5.82 Å². The van der Waals surface area contributed by atoms with E-state index in [2.05, 4.69) is 9.82 Å². The van der Waals surface area contributed by atoms with Gasteiger partial charge < -0.3 is 19.5 Å². The highest BCUT2D eigenvalue weighted by Gasteiger charge is 2.38. The minimum Gasteiger partial charge on any atom is -0.505 e. The maximum atomic E-state index is 13.7. The van der Waals surface area contributed by atoms with Crippen LogP contribution in [-0.4, -0.2) is 82.4 Å². The first-order valence-corrected chi connectivity index (χ1v) is 13.9. The number of amides is 2. The molecule has 2 amide bonds. The second-order valence-electron chi connectivity index (χ2n) is 9.77. The van der Waals surface area contributed by atoms with Crippen molar-refractivity contribution in [2.45, 2.75) is 38.2 Å². The normalized spacial score (nSPS) is 14.7. The highest BCUT2D eigenvalue weighted by molar-refractivity contribution is 7.90. The number of hydrogen-bond acceptors (Lipinski definition) is 7. The SMILES string of the molecule is CC(C)S(=O)(=O)NC(C(=O)N(C)C)c1nn(Cc2ccc(F)c(Cl)c2)c(=O)c2c(O)c3n(c12)CCN(C)C3=O. The van der Waals surface area contributed by atoms with Gasteiger partial charge in [-0.05, 0) is 31.5 Å². The predicted octanol–water partition coefficient (Wildman–Crippen LogP) is 1.29. The zero-order chi connectivity index (χ0) is 29.0. The number of benzene rings is 1. The summed E-state index contributed by atoms with van der Waals surface area (Å²) < 4.78 is 44.3. The molecule has 2 N–H and O–H groups in total. The number of halogens is 2. The summed E-state index contributed by atoms with van der Waals surface area (Å²) in [5.41, 5.74) is -0.816. The van der Waals surface area contributed by atoms with Crippen LogP contribution in [0.15, 0.2) is 23.0 Å². The van der Waals surface area contributed by atoms with Crippen LogP contribution in [0.2, 0.25) is 5.02 Å². The van der Waals surface area contributed by atoms with Gasteiger partial charge in [0.15, 0.2) is 11.4 Å². The van der Waals surface area contributed by atoms with Gasteiger partial charge in [0.2, 0.25) is 15.9 Å². The Morgan fingerprint density at radius 3 is 2.51 bits per heavy atom. The smallest absolute Gasteiger partial charge is 0.280 e. The first-order valence-electron chi connectivity index (χ1n) is 11.9. The van der Waals surface area contributed by atoms with Crippen LogP contribution in [0.4, 0.5) is 4.39 Å². The number of rotatable bonds is 7. The van der Waals surface area contributed by atoms with Gasteiger partial charge in [-0.25, -0.2) is 17.5 Å². The molecule has 0 fully saturated rings. The third-order valence-corrected chi connectivity index (χ3v) is 8.64. The van der Waals surface area contributed by atoms with Gasteiger partial charge >= 0.3 is 0 Å². The number of nitrogens with zero attached hydrogens (tertiary/aromatic N) is 5. The Balaban J connectivity index is 2.08. The topological polar surface area (TPSA) is 147 Å². The van der Waals surface area contributed by atoms with Crippen LogP contribution in [0.3, 0.4) is 0 Å². The number of aromatic nitrogens is 3. The van der Waals surface area contributed by atoms with Crippen molar-refractivity contribution in [2.75, 3.05) is 27.7 Å². The van der Waals surface area contributed by atoms with Crippen molar-refractivity contribution in [1.29, 1.82) is 0 Å². The average Bonchev–Trinajstić information content (AvgIpc) is 3.16. The molecule has 2 aromatic heterocycles. The fraction of sp³-hybridized carbons (Fsp3) is 0.417. The summed E-state index contributed by atoms with van der Waals surface area (Å²) >= 11 is 5.90. The van der Waals surface area contributed by atoms with Crippen molar-refractivity contribution in [3.05, 3.63) is 56.3 Å². The molecular weight excluding hydrogens is 555 g/mol. The molecule has 1 unspecified atom stereocenters. The molecule has 1 atom stereocenters. The van der Waals surface area contributed by atoms with E-state index in [1.165, 1.54) is 56.6 Å². The van der Waals surface area contributed by atoms with Gasteiger partial charge in [0.1, 0.15) is 22.9 Å². The number of nitrogens with one attached hydrogen (secondary N) is 1. The molecule has 210 valence electrons. The van der Waals surface area contributed by atoms with Gasteiger partial charge in [-0.15, -0.1) is 0 Å². The van der Waals surface area contributed by atoms with Gasteiger partial charge in [-0.2, -0.15) is 9.82 Å². The number of carbonyl (C=O) groups is 2. The molecule has 3 aromatic rings. The standard InChI is InChI=1S/C24H28ClFN6O6S/c1-12(2)39(37,38)28-18(23(35)29(3)4)17-19-16(21(33)20-24(36)30(5)8-9-31(19)20)22(34)32(27-17)11-13-6-7-15(26)14(25)10-13/h6-7,10,12,18,28,33H,8-9,11H2,1-5H3. The summed E-state index contributed by atoms with van der Waals surface area (Å²) in [6.45, 7) is 2.99. The number of sulfonamides is 1. The summed E-state index contributed by atoms with van der Waals surface area (Å²) in [7, 11) is 0.339. The van der Waals surface area contributed by atoms with Crippen molar-refractivity contribution < 1.29 is 27.5 Å². The molecule has 0 bridgehead atoms. The van der Waals surface area contributed by atoms with E-state index < -0.39 is 50.3 Å². The summed E-state index contributed by atoms with van der Waals surface area (Å²) in [4.78, 5) is 42.5. The Hall–Kier alpha value is -3.49. The Kier molecular flexibility index (Phi) is 7.49. The molecular formula is C24H28ClFN6O6S. The van der Waals surface area contributed by atoms with E-state index in [9.17, 15) is 32.3 Å². The monoisotopic (exact) mass is 582 g/mol. The van der Waals surface area contributed by atoms with Crippen LogP contribution in [0.1, 0.15) is 41.6 Å². The molecule has 12 nitrogen and oxygen atoms in total. The third kappa shape index (κ3) is 4.99. The third-order valence-electron chi connectivity index (χ3n) is 6.55. The molecule has 0 radical (unpaired) electrons. The van der Waals surface area contributed by atoms with Crippen molar-refractivity contribution in [2.24, 2.45) is 0 Å². The second kappa shape index (κ2) is 10.2. The van der Waals surface area contributed by atoms with Gasteiger partial charge in [0, 0.05) is 34.2 Å². The van der Waals surface area contributed by atoms with Crippen LogP contribution >= 0.6 is 11.6 Å². The largest absolute Gasteiger partial charge is 0.505 e. The maximum Gasteiger partial charge on any atom is 0.280 e. The van der Waals surface area contributed by atoms with E-state index in [0.717, 1.165) is 15.6 Å². The Bertz CT molecular complexity index is 1670. The summed E-state index contributed by atoms with van der Waals surface area (Å²) in [6.07, 6.45) is 0. The van der Waals surface area contributed by atoms with E-state index in [4.69, 9.17) is 11.6 Å². The quantitative estimate of drug-likeness (QED) is 0.427. The first-order chi connectivity index (χ1) is 18.2. The summed E-state index contributed by atoms with van der Waals surface area (Å²) in [6, 6.07) is 2.18. The fourth-order valence-electron chi connectivity index (χ4n) is 4.29. The molecule has 1 aliphatic rings. The van der Waals surface area contributed by atoms with Crippen molar-refractivity contribution in [3.63, 3.8) is 0 Å². The molecule has 15 heteroatoms. The van der Waals surface area contributed by atoms with Gasteiger partial charge in [0.05, 0.1) is 22.3 Å². The maximum absolute atomic E-state index is 13.7. The lowest BCUT2D eigenvalue weighted by Crippen LogP contribution is -2.44. The van der Waals surface area contributed by atoms with Gasteiger partial charge in [-0.3, -0.25) is 14.4 Å². The Morgan fingerprint density at radius 1 is 1.26 bits per heavy atom. The molecule has 3 heterocycles. The average molecular weight is 583 g/mol. The van der Waals surface area contributed by atoms with E-state index >= 15 is 0 Å². The van der Waals surface area contributed by atoms with E-state index in [-0.39, 0.29) is 46.9 Å². The molecule has 1 aliphatic heterocycles. The van der Waals surface area contributed by atoms with E-state index in [0.29, 0.717) is 5.56 Å². The summed E-state index contributed by atoms with van der Waals surface area (Å²) in [5, 5.41) is 14.1. The van der Waals surface area contributed by atoms with E-state index in [1.807, 2.05) is 0 Å².